The zero-order chi connectivity index (χ0) is 18.2. The molecular formula is C15H18F3N5O2. The van der Waals surface area contributed by atoms with Crippen molar-refractivity contribution < 1.29 is 22.7 Å². The molecule has 0 bridgehead atoms. The van der Waals surface area contributed by atoms with Gasteiger partial charge in [0.15, 0.2) is 11.4 Å². The molecular weight excluding hydrogens is 339 g/mol. The Kier molecular flexibility index (Phi) is 4.55. The van der Waals surface area contributed by atoms with Crippen LogP contribution in [0.5, 0.6) is 0 Å². The maximum absolute atomic E-state index is 12.5. The van der Waals surface area contributed by atoms with Crippen molar-refractivity contribution in [3.05, 3.63) is 34.9 Å². The molecule has 0 aromatic carbocycles. The number of nitrogens with one attached hydrogen (secondary N) is 2. The second kappa shape index (κ2) is 6.51. The minimum atomic E-state index is -4.47. The van der Waals surface area contributed by atoms with Gasteiger partial charge in [0.05, 0.1) is 24.4 Å². The Morgan fingerprint density at radius 3 is 2.92 bits per heavy atom. The van der Waals surface area contributed by atoms with Crippen LogP contribution in [-0.4, -0.2) is 38.5 Å². The van der Waals surface area contributed by atoms with E-state index in [4.69, 9.17) is 4.74 Å². The second-order valence-corrected chi connectivity index (χ2v) is 5.98. The number of alkyl halides is 3. The van der Waals surface area contributed by atoms with Crippen molar-refractivity contribution in [1.82, 2.24) is 25.3 Å². The Morgan fingerprint density at radius 1 is 1.48 bits per heavy atom. The highest BCUT2D eigenvalue weighted by atomic mass is 19.4. The summed E-state index contributed by atoms with van der Waals surface area (Å²) in [7, 11) is 0. The van der Waals surface area contributed by atoms with E-state index in [9.17, 15) is 18.0 Å². The molecule has 2 N–H and O–H groups in total. The molecule has 136 valence electrons. The molecule has 0 fully saturated rings. The van der Waals surface area contributed by atoms with E-state index in [2.05, 4.69) is 20.6 Å². The van der Waals surface area contributed by atoms with Gasteiger partial charge in [-0.3, -0.25) is 14.6 Å². The number of carbonyl (C=O) groups is 1. The molecule has 3 heterocycles. The molecule has 1 amide bonds. The van der Waals surface area contributed by atoms with Gasteiger partial charge < -0.3 is 10.1 Å². The van der Waals surface area contributed by atoms with Crippen molar-refractivity contribution in [2.75, 3.05) is 6.54 Å². The minimum absolute atomic E-state index is 0.0171. The Bertz CT molecular complexity index is 768. The molecule has 1 aliphatic heterocycles. The van der Waals surface area contributed by atoms with Crippen molar-refractivity contribution in [2.24, 2.45) is 0 Å². The average molecular weight is 357 g/mol. The van der Waals surface area contributed by atoms with Crippen LogP contribution in [0, 0.1) is 0 Å². The van der Waals surface area contributed by atoms with Crippen LogP contribution in [-0.2, 0) is 23.9 Å². The van der Waals surface area contributed by atoms with Gasteiger partial charge in [0.25, 0.3) is 5.91 Å². The predicted molar refractivity (Wildman–Crippen MR) is 80.8 cm³/mol. The fraction of sp³-hybridized carbons (Fsp3) is 0.533. The van der Waals surface area contributed by atoms with Crippen molar-refractivity contribution >= 4 is 5.91 Å². The van der Waals surface area contributed by atoms with Crippen LogP contribution in [0.3, 0.4) is 0 Å². The van der Waals surface area contributed by atoms with Crippen LogP contribution < -0.4 is 5.32 Å². The summed E-state index contributed by atoms with van der Waals surface area (Å²) in [5.74, 6) is -0.373. The van der Waals surface area contributed by atoms with Gasteiger partial charge in [0, 0.05) is 24.7 Å². The van der Waals surface area contributed by atoms with E-state index >= 15 is 0 Å². The Labute approximate surface area is 141 Å². The first-order valence-electron chi connectivity index (χ1n) is 7.87. The largest absolute Gasteiger partial charge is 0.435 e. The average Bonchev–Trinajstić information content (AvgIpc) is 3.13. The van der Waals surface area contributed by atoms with Gasteiger partial charge in [-0.2, -0.15) is 23.4 Å². The first kappa shape index (κ1) is 17.5. The zero-order valence-corrected chi connectivity index (χ0v) is 13.7. The van der Waals surface area contributed by atoms with E-state index in [-0.39, 0.29) is 31.2 Å². The van der Waals surface area contributed by atoms with Crippen molar-refractivity contribution in [3.63, 3.8) is 0 Å². The first-order chi connectivity index (χ1) is 11.8. The number of amides is 1. The number of nitrogens with zero attached hydrogens (tertiary/aromatic N) is 3. The molecule has 0 radical (unpaired) electrons. The lowest BCUT2D eigenvalue weighted by Crippen LogP contribution is -2.30. The maximum atomic E-state index is 12.5. The number of H-pyrrole nitrogens is 1. The third-order valence-corrected chi connectivity index (χ3v) is 4.01. The molecule has 2 aromatic heterocycles. The van der Waals surface area contributed by atoms with Crippen molar-refractivity contribution in [3.8, 4) is 0 Å². The van der Waals surface area contributed by atoms with Crippen LogP contribution in [0.4, 0.5) is 13.2 Å². The van der Waals surface area contributed by atoms with Gasteiger partial charge in [-0.1, -0.05) is 0 Å². The molecule has 0 aliphatic carbocycles. The van der Waals surface area contributed by atoms with Crippen LogP contribution >= 0.6 is 0 Å². The Hall–Kier alpha value is -2.36. The first-order valence-corrected chi connectivity index (χ1v) is 7.87. The summed E-state index contributed by atoms with van der Waals surface area (Å²) in [4.78, 5) is 12.3. The number of hydrogen-bond acceptors (Lipinski definition) is 4. The van der Waals surface area contributed by atoms with Crippen LogP contribution in [0.2, 0.25) is 0 Å². The molecule has 1 aliphatic rings. The molecule has 2 aromatic rings. The van der Waals surface area contributed by atoms with E-state index in [1.165, 1.54) is 6.20 Å². The summed E-state index contributed by atoms with van der Waals surface area (Å²) in [6, 6.07) is 0.898. The standard InChI is InChI=1S/C15H18F3N5O2/c1-8-7-10-12(9(2)25-8)20-21-13(10)14(24)19-4-6-23-5-3-11(22-23)15(16,17)18/h3,5,8-9H,4,6-7H2,1-2H3,(H,19,24)(H,20,21)/t8-,9+/m1/s1. The van der Waals surface area contributed by atoms with E-state index in [0.29, 0.717) is 12.1 Å². The monoisotopic (exact) mass is 357 g/mol. The fourth-order valence-corrected chi connectivity index (χ4v) is 2.87. The summed E-state index contributed by atoms with van der Waals surface area (Å²) >= 11 is 0. The molecule has 0 spiro atoms. The smallest absolute Gasteiger partial charge is 0.369 e. The number of fused-ring (bicyclic) bond motifs is 1. The molecule has 0 unspecified atom stereocenters. The van der Waals surface area contributed by atoms with E-state index in [1.54, 1.807) is 0 Å². The lowest BCUT2D eigenvalue weighted by Gasteiger charge is -2.25. The van der Waals surface area contributed by atoms with Gasteiger partial charge in [-0.25, -0.2) is 0 Å². The van der Waals surface area contributed by atoms with Crippen LogP contribution in [0.25, 0.3) is 0 Å². The minimum Gasteiger partial charge on any atom is -0.369 e. The van der Waals surface area contributed by atoms with Crippen LogP contribution in [0.15, 0.2) is 12.3 Å². The van der Waals surface area contributed by atoms with E-state index in [1.807, 2.05) is 13.8 Å². The predicted octanol–water partition coefficient (Wildman–Crippen LogP) is 2.08. The highest BCUT2D eigenvalue weighted by Crippen LogP contribution is 2.30. The number of ether oxygens (including phenoxy) is 1. The fourth-order valence-electron chi connectivity index (χ4n) is 2.87. The number of rotatable bonds is 4. The van der Waals surface area contributed by atoms with E-state index < -0.39 is 11.9 Å². The summed E-state index contributed by atoms with van der Waals surface area (Å²) in [6.07, 6.45) is -2.86. The molecule has 3 rings (SSSR count). The summed E-state index contributed by atoms with van der Waals surface area (Å²) in [5, 5.41) is 13.0. The quantitative estimate of drug-likeness (QED) is 0.877. The molecule has 10 heteroatoms. The van der Waals surface area contributed by atoms with Crippen molar-refractivity contribution in [1.29, 1.82) is 0 Å². The number of hydrogen-bond donors (Lipinski definition) is 2. The van der Waals surface area contributed by atoms with Gasteiger partial charge in [0.1, 0.15) is 0 Å². The van der Waals surface area contributed by atoms with Gasteiger partial charge >= 0.3 is 6.18 Å². The van der Waals surface area contributed by atoms with Crippen LogP contribution in [0.1, 0.15) is 47.4 Å². The zero-order valence-electron chi connectivity index (χ0n) is 13.7. The SMILES string of the molecule is C[C@@H]1Cc2c(C(=O)NCCn3ccc(C(F)(F)F)n3)n[nH]c2[C@H](C)O1. The van der Waals surface area contributed by atoms with Gasteiger partial charge in [-0.15, -0.1) is 0 Å². The van der Waals surface area contributed by atoms with Gasteiger partial charge in [-0.05, 0) is 19.9 Å². The lowest BCUT2D eigenvalue weighted by atomic mass is 9.99. The Morgan fingerprint density at radius 2 is 2.24 bits per heavy atom. The molecule has 0 saturated carbocycles. The third-order valence-electron chi connectivity index (χ3n) is 4.01. The van der Waals surface area contributed by atoms with Crippen molar-refractivity contribution in [2.45, 2.75) is 45.2 Å². The highest BCUT2D eigenvalue weighted by molar-refractivity contribution is 5.94. The van der Waals surface area contributed by atoms with E-state index in [0.717, 1.165) is 22.0 Å². The molecule has 2 atom stereocenters. The number of carbonyl (C=O) groups excluding carboxylic acids is 1. The number of aromatic nitrogens is 4. The Balaban J connectivity index is 1.60. The normalized spacial score (nSPS) is 20.4. The molecule has 7 nitrogen and oxygen atoms in total. The second-order valence-electron chi connectivity index (χ2n) is 5.98. The number of halogens is 3. The van der Waals surface area contributed by atoms with Gasteiger partial charge in [0.2, 0.25) is 0 Å². The maximum Gasteiger partial charge on any atom is 0.435 e. The number of aromatic amines is 1. The summed E-state index contributed by atoms with van der Waals surface area (Å²) < 4.78 is 44.3. The summed E-state index contributed by atoms with van der Waals surface area (Å²) in [5.41, 5.74) is 0.948. The lowest BCUT2D eigenvalue weighted by molar-refractivity contribution is -0.141. The third kappa shape index (κ3) is 3.68. The molecule has 25 heavy (non-hydrogen) atoms. The summed E-state index contributed by atoms with van der Waals surface area (Å²) in [6.45, 7) is 4.07. The highest BCUT2D eigenvalue weighted by Gasteiger charge is 2.33. The molecule has 0 saturated heterocycles. The topological polar surface area (TPSA) is 84.8 Å².